The molecule has 0 bridgehead atoms. The zero-order valence-electron chi connectivity index (χ0n) is 14.5. The summed E-state index contributed by atoms with van der Waals surface area (Å²) in [4.78, 5) is 6.51. The lowest BCUT2D eigenvalue weighted by Crippen LogP contribution is -2.40. The van der Waals surface area contributed by atoms with E-state index < -0.39 is 0 Å². The van der Waals surface area contributed by atoms with Crippen LogP contribution < -0.4 is 10.1 Å². The summed E-state index contributed by atoms with van der Waals surface area (Å²) in [7, 11) is 5.63. The zero-order valence-corrected chi connectivity index (χ0v) is 16.8. The molecule has 126 valence electrons. The number of unbranched alkanes of at least 4 members (excludes halogenated alkanes) is 1. The Labute approximate surface area is 152 Å². The number of aliphatic imine (C=N–C) groups is 1. The van der Waals surface area contributed by atoms with Crippen LogP contribution in [0.25, 0.3) is 0 Å². The van der Waals surface area contributed by atoms with E-state index in [9.17, 15) is 0 Å². The second kappa shape index (κ2) is 11.6. The molecular formula is C17H30IN3O. The van der Waals surface area contributed by atoms with Crippen LogP contribution in [0.4, 0.5) is 0 Å². The molecule has 0 amide bonds. The number of hydrogen-bond donors (Lipinski definition) is 1. The molecule has 0 saturated carbocycles. The van der Waals surface area contributed by atoms with E-state index in [2.05, 4.69) is 54.3 Å². The van der Waals surface area contributed by atoms with Crippen molar-refractivity contribution < 1.29 is 4.74 Å². The van der Waals surface area contributed by atoms with Crippen molar-refractivity contribution >= 4 is 29.9 Å². The van der Waals surface area contributed by atoms with Gasteiger partial charge < -0.3 is 15.0 Å². The number of ether oxygens (including phenoxy) is 1. The van der Waals surface area contributed by atoms with Gasteiger partial charge in [-0.2, -0.15) is 0 Å². The summed E-state index contributed by atoms with van der Waals surface area (Å²) in [6.45, 7) is 6.17. The van der Waals surface area contributed by atoms with Gasteiger partial charge in [0.15, 0.2) is 5.96 Å². The van der Waals surface area contributed by atoms with Gasteiger partial charge in [0.05, 0.1) is 7.11 Å². The summed E-state index contributed by atoms with van der Waals surface area (Å²) >= 11 is 0. The van der Waals surface area contributed by atoms with Gasteiger partial charge in [0, 0.05) is 27.2 Å². The third kappa shape index (κ3) is 6.85. The average molecular weight is 419 g/mol. The maximum atomic E-state index is 5.36. The average Bonchev–Trinajstić information content (AvgIpc) is 2.50. The Hall–Kier alpha value is -0.980. The van der Waals surface area contributed by atoms with Gasteiger partial charge in [-0.3, -0.25) is 4.99 Å². The van der Waals surface area contributed by atoms with Crippen LogP contribution in [0.2, 0.25) is 0 Å². The Kier molecular flexibility index (Phi) is 11.1. The molecule has 1 rings (SSSR count). The number of methoxy groups -OCH3 is 1. The number of benzene rings is 1. The maximum Gasteiger partial charge on any atom is 0.193 e. The molecule has 0 aliphatic rings. The minimum absolute atomic E-state index is 0. The van der Waals surface area contributed by atoms with Crippen LogP contribution in [0.3, 0.4) is 0 Å². The highest BCUT2D eigenvalue weighted by Gasteiger charge is 2.05. The number of aryl methyl sites for hydroxylation is 1. The minimum atomic E-state index is 0. The van der Waals surface area contributed by atoms with E-state index in [1.54, 1.807) is 7.11 Å². The first-order valence-electron chi connectivity index (χ1n) is 7.67. The van der Waals surface area contributed by atoms with Crippen LogP contribution in [0.1, 0.15) is 30.9 Å². The monoisotopic (exact) mass is 419 g/mol. The van der Waals surface area contributed by atoms with Crippen LogP contribution in [0, 0.1) is 6.92 Å². The van der Waals surface area contributed by atoms with Gasteiger partial charge in [0.1, 0.15) is 5.75 Å². The lowest BCUT2D eigenvalue weighted by molar-refractivity contribution is 0.411. The van der Waals surface area contributed by atoms with Gasteiger partial charge in [-0.15, -0.1) is 24.0 Å². The van der Waals surface area contributed by atoms with E-state index in [0.29, 0.717) is 0 Å². The molecule has 1 aromatic carbocycles. The summed E-state index contributed by atoms with van der Waals surface area (Å²) < 4.78 is 5.36. The van der Waals surface area contributed by atoms with Crippen molar-refractivity contribution in [3.63, 3.8) is 0 Å². The normalized spacial score (nSPS) is 10.9. The standard InChI is InChI=1S/C17H29N3O.HI/c1-6-7-12-20(4)17(18-3)19-11-10-15-9-8-14(2)16(13-15)21-5;/h8-9,13H,6-7,10-12H2,1-5H3,(H,18,19);1H. The summed E-state index contributed by atoms with van der Waals surface area (Å²) in [5.41, 5.74) is 2.45. The summed E-state index contributed by atoms with van der Waals surface area (Å²) in [6.07, 6.45) is 3.34. The summed E-state index contributed by atoms with van der Waals surface area (Å²) in [5, 5.41) is 3.41. The predicted octanol–water partition coefficient (Wildman–Crippen LogP) is 3.47. The summed E-state index contributed by atoms with van der Waals surface area (Å²) in [6, 6.07) is 6.38. The predicted molar refractivity (Wildman–Crippen MR) is 106 cm³/mol. The molecule has 0 fully saturated rings. The smallest absolute Gasteiger partial charge is 0.193 e. The molecule has 0 aliphatic heterocycles. The largest absolute Gasteiger partial charge is 0.496 e. The Morgan fingerprint density at radius 1 is 1.36 bits per heavy atom. The lowest BCUT2D eigenvalue weighted by Gasteiger charge is -2.21. The molecule has 22 heavy (non-hydrogen) atoms. The molecule has 1 N–H and O–H groups in total. The van der Waals surface area contributed by atoms with Crippen LogP contribution in [0.15, 0.2) is 23.2 Å². The SMILES string of the molecule is CCCCN(C)C(=NC)NCCc1ccc(C)c(OC)c1.I. The molecule has 1 aromatic rings. The van der Waals surface area contributed by atoms with Crippen molar-refractivity contribution in [1.82, 2.24) is 10.2 Å². The van der Waals surface area contributed by atoms with Gasteiger partial charge in [0.2, 0.25) is 0 Å². The number of halogens is 1. The van der Waals surface area contributed by atoms with Crippen molar-refractivity contribution in [2.45, 2.75) is 33.1 Å². The quantitative estimate of drug-likeness (QED) is 0.418. The highest BCUT2D eigenvalue weighted by atomic mass is 127. The fourth-order valence-corrected chi connectivity index (χ4v) is 2.22. The molecule has 0 spiro atoms. The third-order valence-corrected chi connectivity index (χ3v) is 3.59. The highest BCUT2D eigenvalue weighted by molar-refractivity contribution is 14.0. The maximum absolute atomic E-state index is 5.36. The van der Waals surface area contributed by atoms with Crippen molar-refractivity contribution in [3.05, 3.63) is 29.3 Å². The Morgan fingerprint density at radius 2 is 2.09 bits per heavy atom. The van der Waals surface area contributed by atoms with E-state index in [4.69, 9.17) is 4.74 Å². The van der Waals surface area contributed by atoms with Crippen LogP contribution >= 0.6 is 24.0 Å². The molecular weight excluding hydrogens is 389 g/mol. The van der Waals surface area contributed by atoms with Crippen LogP contribution in [0.5, 0.6) is 5.75 Å². The second-order valence-corrected chi connectivity index (χ2v) is 5.30. The Morgan fingerprint density at radius 3 is 2.68 bits per heavy atom. The molecule has 5 heteroatoms. The van der Waals surface area contributed by atoms with Crippen LogP contribution in [-0.4, -0.2) is 45.2 Å². The fraction of sp³-hybridized carbons (Fsp3) is 0.588. The number of rotatable bonds is 7. The van der Waals surface area contributed by atoms with Crippen molar-refractivity contribution in [3.8, 4) is 5.75 Å². The molecule has 0 atom stereocenters. The number of nitrogens with one attached hydrogen (secondary N) is 1. The Balaban J connectivity index is 0.00000441. The van der Waals surface area contributed by atoms with Gasteiger partial charge in [-0.05, 0) is 37.0 Å². The number of hydrogen-bond acceptors (Lipinski definition) is 2. The highest BCUT2D eigenvalue weighted by Crippen LogP contribution is 2.18. The van der Waals surface area contributed by atoms with Gasteiger partial charge >= 0.3 is 0 Å². The second-order valence-electron chi connectivity index (χ2n) is 5.30. The third-order valence-electron chi connectivity index (χ3n) is 3.59. The topological polar surface area (TPSA) is 36.9 Å². The van der Waals surface area contributed by atoms with E-state index in [1.807, 2.05) is 7.05 Å². The lowest BCUT2D eigenvalue weighted by atomic mass is 10.1. The first-order chi connectivity index (χ1) is 10.1. The molecule has 0 aromatic heterocycles. The van der Waals surface area contributed by atoms with Gasteiger partial charge in [-0.1, -0.05) is 25.5 Å². The molecule has 4 nitrogen and oxygen atoms in total. The van der Waals surface area contributed by atoms with E-state index in [-0.39, 0.29) is 24.0 Å². The molecule has 0 radical (unpaired) electrons. The minimum Gasteiger partial charge on any atom is -0.496 e. The van der Waals surface area contributed by atoms with Gasteiger partial charge in [-0.25, -0.2) is 0 Å². The van der Waals surface area contributed by atoms with E-state index in [0.717, 1.165) is 31.2 Å². The van der Waals surface area contributed by atoms with Crippen molar-refractivity contribution in [2.24, 2.45) is 4.99 Å². The summed E-state index contributed by atoms with van der Waals surface area (Å²) in [5.74, 6) is 1.92. The van der Waals surface area contributed by atoms with E-state index >= 15 is 0 Å². The first kappa shape index (κ1) is 21.0. The van der Waals surface area contributed by atoms with Crippen molar-refractivity contribution in [2.75, 3.05) is 34.3 Å². The molecule has 0 unspecified atom stereocenters. The number of nitrogens with zero attached hydrogens (tertiary/aromatic N) is 2. The Bertz CT molecular complexity index is 463. The molecule has 0 heterocycles. The molecule has 0 aliphatic carbocycles. The zero-order chi connectivity index (χ0) is 15.7. The van der Waals surface area contributed by atoms with Crippen LogP contribution in [-0.2, 0) is 6.42 Å². The van der Waals surface area contributed by atoms with Crippen molar-refractivity contribution in [1.29, 1.82) is 0 Å². The first-order valence-corrected chi connectivity index (χ1v) is 7.67. The molecule has 0 saturated heterocycles. The number of guanidine groups is 1. The van der Waals surface area contributed by atoms with E-state index in [1.165, 1.54) is 24.0 Å². The van der Waals surface area contributed by atoms with Gasteiger partial charge in [0.25, 0.3) is 0 Å². The fourth-order valence-electron chi connectivity index (χ4n) is 2.22.